The average molecular weight is 352 g/mol. The van der Waals surface area contributed by atoms with Gasteiger partial charge in [0.1, 0.15) is 0 Å². The van der Waals surface area contributed by atoms with E-state index in [1.807, 2.05) is 64.1 Å². The van der Waals surface area contributed by atoms with Crippen molar-refractivity contribution in [2.75, 3.05) is 0 Å². The Kier molecular flexibility index (Phi) is 6.96. The molecule has 2 rings (SSSR count). The monoisotopic (exact) mass is 352 g/mol. The molecule has 2 aromatic carbocycles. The van der Waals surface area contributed by atoms with Gasteiger partial charge in [-0.15, -0.1) is 0 Å². The van der Waals surface area contributed by atoms with Crippen LogP contribution in [0.4, 0.5) is 0 Å². The lowest BCUT2D eigenvalue weighted by Crippen LogP contribution is -2.33. The van der Waals surface area contributed by atoms with Crippen molar-refractivity contribution >= 4 is 11.8 Å². The molecule has 0 aromatic heterocycles. The van der Waals surface area contributed by atoms with Crippen LogP contribution in [0.5, 0.6) is 0 Å². The second kappa shape index (κ2) is 9.18. The van der Waals surface area contributed by atoms with Crippen LogP contribution in [-0.2, 0) is 0 Å². The minimum Gasteiger partial charge on any atom is -0.350 e. The lowest BCUT2D eigenvalue weighted by molar-refractivity contribution is 0.0929. The van der Waals surface area contributed by atoms with Gasteiger partial charge >= 0.3 is 0 Å². The van der Waals surface area contributed by atoms with E-state index in [4.69, 9.17) is 0 Å². The normalized spacial score (nSPS) is 12.9. The van der Waals surface area contributed by atoms with Gasteiger partial charge in [0.15, 0.2) is 0 Å². The summed E-state index contributed by atoms with van der Waals surface area (Å²) in [5.41, 5.74) is 2.69. The Bertz CT molecular complexity index is 705. The van der Waals surface area contributed by atoms with Gasteiger partial charge in [-0.1, -0.05) is 50.2 Å². The average Bonchev–Trinajstić information content (AvgIpc) is 2.67. The van der Waals surface area contributed by atoms with Gasteiger partial charge in [-0.25, -0.2) is 0 Å². The molecule has 26 heavy (non-hydrogen) atoms. The zero-order valence-electron chi connectivity index (χ0n) is 16.0. The van der Waals surface area contributed by atoms with Crippen molar-refractivity contribution in [2.24, 2.45) is 0 Å². The minimum absolute atomic E-state index is 0.0968. The summed E-state index contributed by atoms with van der Waals surface area (Å²) in [5.74, 6) is -0.237. The second-order valence-electron chi connectivity index (χ2n) is 6.66. The van der Waals surface area contributed by atoms with Crippen LogP contribution >= 0.6 is 0 Å². The van der Waals surface area contributed by atoms with Gasteiger partial charge in [0.05, 0.1) is 0 Å². The molecular formula is C22H28N2O2. The molecule has 0 spiro atoms. The molecule has 2 amide bonds. The Morgan fingerprint density at radius 1 is 0.731 bits per heavy atom. The van der Waals surface area contributed by atoms with Crippen molar-refractivity contribution in [2.45, 2.75) is 52.6 Å². The Labute approximate surface area is 156 Å². The summed E-state index contributed by atoms with van der Waals surface area (Å²) < 4.78 is 0. The first kappa shape index (κ1) is 19.7. The van der Waals surface area contributed by atoms with Crippen LogP contribution in [-0.4, -0.2) is 23.9 Å². The van der Waals surface area contributed by atoms with Crippen molar-refractivity contribution in [3.63, 3.8) is 0 Å². The fourth-order valence-electron chi connectivity index (χ4n) is 2.64. The first-order valence-electron chi connectivity index (χ1n) is 9.28. The lowest BCUT2D eigenvalue weighted by Gasteiger charge is -2.17. The van der Waals surface area contributed by atoms with Crippen molar-refractivity contribution in [1.82, 2.24) is 10.6 Å². The summed E-state index contributed by atoms with van der Waals surface area (Å²) in [6.07, 6.45) is 1.73. The quantitative estimate of drug-likeness (QED) is 0.775. The van der Waals surface area contributed by atoms with E-state index in [-0.39, 0.29) is 23.9 Å². The summed E-state index contributed by atoms with van der Waals surface area (Å²) in [6.45, 7) is 8.03. The molecule has 4 nitrogen and oxygen atoms in total. The second-order valence-corrected chi connectivity index (χ2v) is 6.66. The number of nitrogens with one attached hydrogen (secondary N) is 2. The Balaban J connectivity index is 2.44. The molecule has 0 saturated heterocycles. The van der Waals surface area contributed by atoms with E-state index in [2.05, 4.69) is 10.6 Å². The molecule has 0 aliphatic heterocycles. The number of hydrogen-bond donors (Lipinski definition) is 2. The van der Waals surface area contributed by atoms with E-state index in [1.165, 1.54) is 0 Å². The van der Waals surface area contributed by atoms with Crippen LogP contribution in [0.1, 0.15) is 61.3 Å². The van der Waals surface area contributed by atoms with Gasteiger partial charge in [0.25, 0.3) is 11.8 Å². The molecule has 0 heterocycles. The smallest absolute Gasteiger partial charge is 0.252 e. The number of amides is 2. The highest BCUT2D eigenvalue weighted by molar-refractivity contribution is 6.06. The maximum absolute atomic E-state index is 12.7. The Morgan fingerprint density at radius 2 is 1.08 bits per heavy atom. The van der Waals surface area contributed by atoms with E-state index < -0.39 is 0 Å². The number of carbonyl (C=O) groups excluding carboxylic acids is 2. The molecule has 0 aliphatic rings. The van der Waals surface area contributed by atoms with E-state index in [9.17, 15) is 9.59 Å². The molecule has 2 N–H and O–H groups in total. The SMILES string of the molecule is CC[C@@H](C)NC(=O)c1ccccc1-c1ccccc1C(=O)N[C@@H](C)CC. The Hall–Kier alpha value is -2.62. The number of rotatable bonds is 7. The first-order chi connectivity index (χ1) is 12.5. The first-order valence-corrected chi connectivity index (χ1v) is 9.28. The molecule has 0 bridgehead atoms. The fourth-order valence-corrected chi connectivity index (χ4v) is 2.64. The largest absolute Gasteiger partial charge is 0.350 e. The third-order valence-electron chi connectivity index (χ3n) is 4.61. The van der Waals surface area contributed by atoms with Gasteiger partial charge in [-0.3, -0.25) is 9.59 Å². The van der Waals surface area contributed by atoms with Gasteiger partial charge in [-0.2, -0.15) is 0 Å². The maximum atomic E-state index is 12.7. The summed E-state index contributed by atoms with van der Waals surface area (Å²) in [6, 6.07) is 15.0. The van der Waals surface area contributed by atoms with Crippen molar-refractivity contribution in [3.05, 3.63) is 59.7 Å². The third kappa shape index (κ3) is 4.72. The molecular weight excluding hydrogens is 324 g/mol. The molecule has 0 radical (unpaired) electrons. The van der Waals surface area contributed by atoms with Crippen molar-refractivity contribution < 1.29 is 9.59 Å². The molecule has 138 valence electrons. The zero-order chi connectivity index (χ0) is 19.1. The van der Waals surface area contributed by atoms with Crippen LogP contribution in [0, 0.1) is 0 Å². The molecule has 0 fully saturated rings. The van der Waals surface area contributed by atoms with E-state index in [0.29, 0.717) is 11.1 Å². The van der Waals surface area contributed by atoms with E-state index in [1.54, 1.807) is 12.1 Å². The predicted molar refractivity (Wildman–Crippen MR) is 106 cm³/mol. The standard InChI is InChI=1S/C22H28N2O2/c1-5-15(3)23-21(25)19-13-9-7-11-17(19)18-12-8-10-14-20(18)22(26)24-16(4)6-2/h7-16H,5-6H2,1-4H3,(H,23,25)(H,24,26)/t15-,16+. The zero-order valence-corrected chi connectivity index (χ0v) is 16.0. The maximum Gasteiger partial charge on any atom is 0.252 e. The highest BCUT2D eigenvalue weighted by Gasteiger charge is 2.19. The highest BCUT2D eigenvalue weighted by atomic mass is 16.2. The third-order valence-corrected chi connectivity index (χ3v) is 4.61. The van der Waals surface area contributed by atoms with E-state index in [0.717, 1.165) is 24.0 Å². The van der Waals surface area contributed by atoms with Crippen LogP contribution in [0.3, 0.4) is 0 Å². The molecule has 0 aliphatic carbocycles. The summed E-state index contributed by atoms with van der Waals surface area (Å²) in [7, 11) is 0. The van der Waals surface area contributed by atoms with Crippen LogP contribution in [0.25, 0.3) is 11.1 Å². The predicted octanol–water partition coefficient (Wildman–Crippen LogP) is 4.41. The Morgan fingerprint density at radius 3 is 1.42 bits per heavy atom. The van der Waals surface area contributed by atoms with Crippen molar-refractivity contribution in [1.29, 1.82) is 0 Å². The number of carbonyl (C=O) groups is 2. The van der Waals surface area contributed by atoms with Gasteiger partial charge < -0.3 is 10.6 Å². The number of hydrogen-bond acceptors (Lipinski definition) is 2. The molecule has 2 aromatic rings. The van der Waals surface area contributed by atoms with Gasteiger partial charge in [-0.05, 0) is 49.9 Å². The minimum atomic E-state index is -0.118. The lowest BCUT2D eigenvalue weighted by atomic mass is 9.94. The molecule has 0 saturated carbocycles. The van der Waals surface area contributed by atoms with Crippen LogP contribution < -0.4 is 10.6 Å². The molecule has 4 heteroatoms. The van der Waals surface area contributed by atoms with Crippen LogP contribution in [0.15, 0.2) is 48.5 Å². The molecule has 2 atom stereocenters. The van der Waals surface area contributed by atoms with Gasteiger partial charge in [0.2, 0.25) is 0 Å². The van der Waals surface area contributed by atoms with E-state index >= 15 is 0 Å². The summed E-state index contributed by atoms with van der Waals surface area (Å²) in [4.78, 5) is 25.4. The van der Waals surface area contributed by atoms with Gasteiger partial charge in [0, 0.05) is 23.2 Å². The number of benzene rings is 2. The molecule has 0 unspecified atom stereocenters. The summed E-state index contributed by atoms with van der Waals surface area (Å²) in [5, 5.41) is 6.01. The van der Waals surface area contributed by atoms with Crippen molar-refractivity contribution in [3.8, 4) is 11.1 Å². The topological polar surface area (TPSA) is 58.2 Å². The van der Waals surface area contributed by atoms with Crippen LogP contribution in [0.2, 0.25) is 0 Å². The summed E-state index contributed by atoms with van der Waals surface area (Å²) >= 11 is 0. The highest BCUT2D eigenvalue weighted by Crippen LogP contribution is 2.27. The fraction of sp³-hybridized carbons (Fsp3) is 0.364.